The van der Waals surface area contributed by atoms with Crippen LogP contribution in [0, 0.1) is 5.92 Å². The van der Waals surface area contributed by atoms with Gasteiger partial charge in [-0.05, 0) is 37.8 Å². The first-order valence-electron chi connectivity index (χ1n) is 9.74. The summed E-state index contributed by atoms with van der Waals surface area (Å²) >= 11 is 0. The zero-order valence-electron chi connectivity index (χ0n) is 15.1. The van der Waals surface area contributed by atoms with Gasteiger partial charge in [0.05, 0.1) is 11.6 Å². The second kappa shape index (κ2) is 7.85. The SMILES string of the molecule is O=C(NC1CCCC1)C1CCCN(c2ccc(-c3ccccc3)nn2)C1. The summed E-state index contributed by atoms with van der Waals surface area (Å²) in [6.07, 6.45) is 6.73. The van der Waals surface area contributed by atoms with E-state index >= 15 is 0 Å². The highest BCUT2D eigenvalue weighted by Gasteiger charge is 2.28. The molecule has 0 radical (unpaired) electrons. The van der Waals surface area contributed by atoms with Gasteiger partial charge in [-0.15, -0.1) is 10.2 Å². The molecule has 2 aliphatic rings. The van der Waals surface area contributed by atoms with E-state index in [0.717, 1.165) is 55.8 Å². The van der Waals surface area contributed by atoms with Gasteiger partial charge >= 0.3 is 0 Å². The Bertz CT molecular complexity index is 725. The van der Waals surface area contributed by atoms with E-state index in [1.54, 1.807) is 0 Å². The molecule has 1 aliphatic heterocycles. The van der Waals surface area contributed by atoms with Crippen LogP contribution in [0.3, 0.4) is 0 Å². The van der Waals surface area contributed by atoms with Crippen molar-refractivity contribution in [3.05, 3.63) is 42.5 Å². The van der Waals surface area contributed by atoms with Crippen molar-refractivity contribution in [1.82, 2.24) is 15.5 Å². The Kier molecular flexibility index (Phi) is 5.14. The molecule has 1 atom stereocenters. The van der Waals surface area contributed by atoms with Gasteiger partial charge in [-0.1, -0.05) is 43.2 Å². The van der Waals surface area contributed by atoms with Crippen LogP contribution in [-0.4, -0.2) is 35.2 Å². The van der Waals surface area contributed by atoms with E-state index in [1.807, 2.05) is 42.5 Å². The summed E-state index contributed by atoms with van der Waals surface area (Å²) in [7, 11) is 0. The van der Waals surface area contributed by atoms with Gasteiger partial charge in [0.25, 0.3) is 0 Å². The van der Waals surface area contributed by atoms with Crippen LogP contribution in [0.25, 0.3) is 11.3 Å². The fourth-order valence-electron chi connectivity index (χ4n) is 4.05. The average molecular weight is 350 g/mol. The predicted molar refractivity (Wildman–Crippen MR) is 103 cm³/mol. The molecule has 1 saturated heterocycles. The van der Waals surface area contributed by atoms with Gasteiger partial charge in [0.15, 0.2) is 5.82 Å². The number of carbonyl (C=O) groups excluding carboxylic acids is 1. The fraction of sp³-hybridized carbons (Fsp3) is 0.476. The Morgan fingerprint density at radius 3 is 2.50 bits per heavy atom. The number of nitrogens with one attached hydrogen (secondary N) is 1. The molecule has 1 N–H and O–H groups in total. The normalized spacial score (nSPS) is 20.9. The van der Waals surface area contributed by atoms with Crippen molar-refractivity contribution < 1.29 is 4.79 Å². The van der Waals surface area contributed by atoms with Crippen LogP contribution in [0.2, 0.25) is 0 Å². The van der Waals surface area contributed by atoms with Gasteiger partial charge in [-0.25, -0.2) is 0 Å². The van der Waals surface area contributed by atoms with Gasteiger partial charge in [0, 0.05) is 24.7 Å². The quantitative estimate of drug-likeness (QED) is 0.918. The minimum Gasteiger partial charge on any atom is -0.354 e. The highest BCUT2D eigenvalue weighted by molar-refractivity contribution is 5.80. The Morgan fingerprint density at radius 1 is 0.962 bits per heavy atom. The summed E-state index contributed by atoms with van der Waals surface area (Å²) in [5.41, 5.74) is 1.95. The maximum atomic E-state index is 12.6. The maximum absolute atomic E-state index is 12.6. The van der Waals surface area contributed by atoms with Crippen LogP contribution in [0.4, 0.5) is 5.82 Å². The van der Waals surface area contributed by atoms with Crippen molar-refractivity contribution in [3.63, 3.8) is 0 Å². The molecular weight excluding hydrogens is 324 g/mol. The number of anilines is 1. The van der Waals surface area contributed by atoms with Crippen LogP contribution in [0.1, 0.15) is 38.5 Å². The van der Waals surface area contributed by atoms with E-state index in [2.05, 4.69) is 20.4 Å². The van der Waals surface area contributed by atoms with E-state index in [-0.39, 0.29) is 11.8 Å². The van der Waals surface area contributed by atoms with E-state index < -0.39 is 0 Å². The lowest BCUT2D eigenvalue weighted by Gasteiger charge is -2.33. The number of nitrogens with zero attached hydrogens (tertiary/aromatic N) is 3. The zero-order chi connectivity index (χ0) is 17.8. The lowest BCUT2D eigenvalue weighted by molar-refractivity contribution is -0.125. The van der Waals surface area contributed by atoms with Gasteiger partial charge < -0.3 is 10.2 Å². The minimum atomic E-state index is 0.0555. The molecule has 0 bridgehead atoms. The predicted octanol–water partition coefficient (Wildman–Crippen LogP) is 3.42. The van der Waals surface area contributed by atoms with Crippen LogP contribution in [0.15, 0.2) is 42.5 Å². The van der Waals surface area contributed by atoms with E-state index in [9.17, 15) is 4.79 Å². The number of piperidine rings is 1. The van der Waals surface area contributed by atoms with Crippen LogP contribution in [0.5, 0.6) is 0 Å². The average Bonchev–Trinajstić information content (AvgIpc) is 3.22. The molecule has 0 spiro atoms. The highest BCUT2D eigenvalue weighted by Crippen LogP contribution is 2.24. The van der Waals surface area contributed by atoms with Crippen LogP contribution >= 0.6 is 0 Å². The first kappa shape index (κ1) is 17.0. The zero-order valence-corrected chi connectivity index (χ0v) is 15.1. The van der Waals surface area contributed by atoms with Crippen molar-refractivity contribution in [2.75, 3.05) is 18.0 Å². The first-order valence-corrected chi connectivity index (χ1v) is 9.74. The first-order chi connectivity index (χ1) is 12.8. The van der Waals surface area contributed by atoms with Gasteiger partial charge in [0.1, 0.15) is 0 Å². The molecule has 5 heteroatoms. The van der Waals surface area contributed by atoms with Crippen LogP contribution < -0.4 is 10.2 Å². The molecule has 1 unspecified atom stereocenters. The summed E-state index contributed by atoms with van der Waals surface area (Å²) in [6.45, 7) is 1.67. The van der Waals surface area contributed by atoms with Crippen molar-refractivity contribution in [2.24, 2.45) is 5.92 Å². The smallest absolute Gasteiger partial charge is 0.225 e. The molecule has 1 amide bonds. The third kappa shape index (κ3) is 3.87. The fourth-order valence-corrected chi connectivity index (χ4v) is 4.05. The number of rotatable bonds is 4. The number of carbonyl (C=O) groups is 1. The van der Waals surface area contributed by atoms with E-state index in [1.165, 1.54) is 12.8 Å². The minimum absolute atomic E-state index is 0.0555. The number of benzene rings is 1. The van der Waals surface area contributed by atoms with Crippen LogP contribution in [-0.2, 0) is 4.79 Å². The molecular formula is C21H26N4O. The lowest BCUT2D eigenvalue weighted by Crippen LogP contribution is -2.45. The second-order valence-electron chi connectivity index (χ2n) is 7.42. The summed E-state index contributed by atoms with van der Waals surface area (Å²) in [5.74, 6) is 1.14. The topological polar surface area (TPSA) is 58.1 Å². The largest absolute Gasteiger partial charge is 0.354 e. The standard InChI is InChI=1S/C21H26N4O/c26-21(22-18-10-4-5-11-18)17-9-6-14-25(15-17)20-13-12-19(23-24-20)16-7-2-1-3-8-16/h1-3,7-8,12-13,17-18H,4-6,9-11,14-15H2,(H,22,26). The van der Waals surface area contributed by atoms with Gasteiger partial charge in [0.2, 0.25) is 5.91 Å². The molecule has 1 aromatic carbocycles. The van der Waals surface area contributed by atoms with Crippen molar-refractivity contribution in [2.45, 2.75) is 44.6 Å². The number of amides is 1. The third-order valence-corrected chi connectivity index (χ3v) is 5.54. The van der Waals surface area contributed by atoms with Gasteiger partial charge in [-0.2, -0.15) is 0 Å². The van der Waals surface area contributed by atoms with Crippen molar-refractivity contribution >= 4 is 11.7 Å². The monoisotopic (exact) mass is 350 g/mol. The second-order valence-corrected chi connectivity index (χ2v) is 7.42. The molecule has 1 aromatic heterocycles. The lowest BCUT2D eigenvalue weighted by atomic mass is 9.96. The molecule has 2 heterocycles. The summed E-state index contributed by atoms with van der Waals surface area (Å²) in [5, 5.41) is 12.1. The van der Waals surface area contributed by atoms with Crippen molar-refractivity contribution in [3.8, 4) is 11.3 Å². The Hall–Kier alpha value is -2.43. The third-order valence-electron chi connectivity index (χ3n) is 5.54. The maximum Gasteiger partial charge on any atom is 0.225 e. The summed E-state index contributed by atoms with van der Waals surface area (Å²) in [4.78, 5) is 14.8. The molecule has 26 heavy (non-hydrogen) atoms. The molecule has 1 saturated carbocycles. The molecule has 1 aliphatic carbocycles. The number of hydrogen-bond acceptors (Lipinski definition) is 4. The summed E-state index contributed by atoms with van der Waals surface area (Å²) in [6, 6.07) is 14.5. The number of hydrogen-bond donors (Lipinski definition) is 1. The summed E-state index contributed by atoms with van der Waals surface area (Å²) < 4.78 is 0. The van der Waals surface area contributed by atoms with E-state index in [0.29, 0.717) is 6.04 Å². The molecule has 5 nitrogen and oxygen atoms in total. The van der Waals surface area contributed by atoms with E-state index in [4.69, 9.17) is 0 Å². The highest BCUT2D eigenvalue weighted by atomic mass is 16.2. The van der Waals surface area contributed by atoms with Gasteiger partial charge in [-0.3, -0.25) is 4.79 Å². The molecule has 136 valence electrons. The molecule has 2 aromatic rings. The van der Waals surface area contributed by atoms with Crippen molar-refractivity contribution in [1.29, 1.82) is 0 Å². The molecule has 2 fully saturated rings. The Labute approximate surface area is 154 Å². The number of aromatic nitrogens is 2. The Balaban J connectivity index is 1.40. The Morgan fingerprint density at radius 2 is 1.77 bits per heavy atom. The molecule has 4 rings (SSSR count).